The zero-order valence-corrected chi connectivity index (χ0v) is 17.8. The van der Waals surface area contributed by atoms with E-state index >= 15 is 0 Å². The van der Waals surface area contributed by atoms with E-state index in [4.69, 9.17) is 15.9 Å². The van der Waals surface area contributed by atoms with Crippen LogP contribution in [-0.4, -0.2) is 76.2 Å². The number of aliphatic hydroxyl groups is 1. The van der Waals surface area contributed by atoms with E-state index in [1.807, 2.05) is 30.3 Å². The third-order valence-corrected chi connectivity index (χ3v) is 4.79. The van der Waals surface area contributed by atoms with E-state index in [1.54, 1.807) is 0 Å². The fraction of sp³-hybridized carbons (Fsp3) is 0.444. The lowest BCUT2D eigenvalue weighted by molar-refractivity contribution is -0.143. The Hall–Kier alpha value is -2.28. The highest BCUT2D eigenvalue weighted by atomic mass is 32.1. The van der Waals surface area contributed by atoms with Crippen LogP contribution in [0.25, 0.3) is 0 Å². The molecule has 1 rings (SSSR count). The molecule has 166 valence electrons. The summed E-state index contributed by atoms with van der Waals surface area (Å²) in [7, 11) is 0. The lowest BCUT2D eigenvalue weighted by Gasteiger charge is -2.23. The lowest BCUT2D eigenvalue weighted by atomic mass is 10.1. The topological polar surface area (TPSA) is 171 Å². The van der Waals surface area contributed by atoms with Crippen molar-refractivity contribution in [1.82, 2.24) is 16.0 Å². The molecule has 10 nitrogen and oxygen atoms in total. The second-order valence-electron chi connectivity index (χ2n) is 6.37. The van der Waals surface area contributed by atoms with E-state index in [9.17, 15) is 19.2 Å². The second kappa shape index (κ2) is 13.1. The van der Waals surface area contributed by atoms with Crippen LogP contribution in [-0.2, 0) is 25.6 Å². The molecule has 0 aliphatic carbocycles. The molecule has 1 aromatic rings. The Balaban J connectivity index is 2.68. The minimum Gasteiger partial charge on any atom is -0.480 e. The van der Waals surface area contributed by atoms with Crippen LogP contribution in [0.5, 0.6) is 0 Å². The summed E-state index contributed by atoms with van der Waals surface area (Å²) in [5.41, 5.74) is 6.76. The third kappa shape index (κ3) is 8.22. The summed E-state index contributed by atoms with van der Waals surface area (Å²) in [5, 5.41) is 24.8. The maximum absolute atomic E-state index is 12.5. The van der Waals surface area contributed by atoms with Crippen molar-refractivity contribution >= 4 is 48.9 Å². The lowest BCUT2D eigenvalue weighted by Crippen LogP contribution is -2.58. The Bertz CT molecular complexity index is 737. The Labute approximate surface area is 184 Å². The number of rotatable bonds is 12. The number of carboxylic acid groups (broad SMARTS) is 1. The van der Waals surface area contributed by atoms with Crippen LogP contribution < -0.4 is 21.7 Å². The number of carbonyl (C=O) groups is 4. The third-order valence-electron chi connectivity index (χ3n) is 4.06. The van der Waals surface area contributed by atoms with Gasteiger partial charge in [-0.2, -0.15) is 25.3 Å². The summed E-state index contributed by atoms with van der Waals surface area (Å²) in [6.45, 7) is -0.817. The second-order valence-corrected chi connectivity index (χ2v) is 7.10. The molecule has 7 N–H and O–H groups in total. The number of benzene rings is 1. The smallest absolute Gasteiger partial charge is 0.328 e. The Morgan fingerprint density at radius 3 is 1.77 bits per heavy atom. The Morgan fingerprint density at radius 2 is 1.33 bits per heavy atom. The van der Waals surface area contributed by atoms with Crippen LogP contribution in [0.4, 0.5) is 0 Å². The van der Waals surface area contributed by atoms with Crippen molar-refractivity contribution in [3.05, 3.63) is 35.9 Å². The van der Waals surface area contributed by atoms with Gasteiger partial charge in [-0.25, -0.2) is 4.79 Å². The van der Waals surface area contributed by atoms with Crippen LogP contribution in [0.3, 0.4) is 0 Å². The molecule has 0 spiro atoms. The van der Waals surface area contributed by atoms with E-state index in [0.717, 1.165) is 5.56 Å². The molecule has 0 aromatic heterocycles. The number of aliphatic hydroxyl groups excluding tert-OH is 1. The van der Waals surface area contributed by atoms with Gasteiger partial charge < -0.3 is 31.9 Å². The molecule has 0 bridgehead atoms. The monoisotopic (exact) mass is 458 g/mol. The predicted molar refractivity (Wildman–Crippen MR) is 116 cm³/mol. The van der Waals surface area contributed by atoms with Crippen molar-refractivity contribution in [1.29, 1.82) is 0 Å². The summed E-state index contributed by atoms with van der Waals surface area (Å²) in [6.07, 6.45) is 0.271. The van der Waals surface area contributed by atoms with Gasteiger partial charge in [0.05, 0.1) is 12.6 Å². The molecule has 0 radical (unpaired) electrons. The van der Waals surface area contributed by atoms with Crippen LogP contribution in [0.15, 0.2) is 30.3 Å². The van der Waals surface area contributed by atoms with Gasteiger partial charge in [0.2, 0.25) is 17.7 Å². The molecule has 12 heteroatoms. The largest absolute Gasteiger partial charge is 0.480 e. The Morgan fingerprint density at radius 1 is 0.867 bits per heavy atom. The molecule has 0 aliphatic rings. The van der Waals surface area contributed by atoms with E-state index in [1.165, 1.54) is 0 Å². The number of hydrogen-bond acceptors (Lipinski definition) is 8. The van der Waals surface area contributed by atoms with E-state index in [2.05, 4.69) is 41.2 Å². The number of carbonyl (C=O) groups excluding carboxylic acids is 3. The van der Waals surface area contributed by atoms with Crippen molar-refractivity contribution in [3.8, 4) is 0 Å². The number of amides is 3. The van der Waals surface area contributed by atoms with Crippen molar-refractivity contribution in [3.63, 3.8) is 0 Å². The maximum atomic E-state index is 12.5. The molecule has 4 unspecified atom stereocenters. The first-order chi connectivity index (χ1) is 14.2. The number of carboxylic acids is 1. The highest BCUT2D eigenvalue weighted by molar-refractivity contribution is 7.80. The molecule has 0 aliphatic heterocycles. The summed E-state index contributed by atoms with van der Waals surface area (Å²) in [5.74, 6) is -3.75. The van der Waals surface area contributed by atoms with Crippen LogP contribution in [0, 0.1) is 0 Å². The molecule has 30 heavy (non-hydrogen) atoms. The van der Waals surface area contributed by atoms with Crippen molar-refractivity contribution < 1.29 is 29.4 Å². The van der Waals surface area contributed by atoms with Gasteiger partial charge in [0, 0.05) is 11.5 Å². The first-order valence-corrected chi connectivity index (χ1v) is 10.3. The minimum absolute atomic E-state index is 0.0646. The van der Waals surface area contributed by atoms with E-state index < -0.39 is 54.5 Å². The number of nitrogens with two attached hydrogens (primary N) is 1. The van der Waals surface area contributed by atoms with Crippen LogP contribution >= 0.6 is 25.3 Å². The van der Waals surface area contributed by atoms with Crippen LogP contribution in [0.2, 0.25) is 0 Å². The summed E-state index contributed by atoms with van der Waals surface area (Å²) < 4.78 is 0. The fourth-order valence-corrected chi connectivity index (χ4v) is 2.87. The van der Waals surface area contributed by atoms with Crippen LogP contribution in [0.1, 0.15) is 5.56 Å². The zero-order valence-electron chi connectivity index (χ0n) is 16.0. The first kappa shape index (κ1) is 25.8. The quantitative estimate of drug-likeness (QED) is 0.167. The predicted octanol–water partition coefficient (Wildman–Crippen LogP) is -2.05. The normalized spacial score (nSPS) is 14.7. The average Bonchev–Trinajstić information content (AvgIpc) is 2.73. The van der Waals surface area contributed by atoms with Gasteiger partial charge in [-0.05, 0) is 12.0 Å². The van der Waals surface area contributed by atoms with Crippen molar-refractivity contribution in [2.75, 3.05) is 18.1 Å². The number of thiol groups is 2. The summed E-state index contributed by atoms with van der Waals surface area (Å²) >= 11 is 8.03. The fourth-order valence-electron chi connectivity index (χ4n) is 2.36. The van der Waals surface area contributed by atoms with E-state index in [-0.39, 0.29) is 17.9 Å². The average molecular weight is 459 g/mol. The molecule has 1 aromatic carbocycles. The molecule has 0 heterocycles. The zero-order chi connectivity index (χ0) is 22.7. The van der Waals surface area contributed by atoms with Gasteiger partial charge in [-0.15, -0.1) is 0 Å². The van der Waals surface area contributed by atoms with Gasteiger partial charge in [0.25, 0.3) is 0 Å². The maximum Gasteiger partial charge on any atom is 0.328 e. The SMILES string of the molecule is NC(Cc1ccccc1)C(=O)NC(CS)C(=O)NC(CS)C(=O)NC(CO)C(=O)O. The molecule has 0 saturated carbocycles. The first-order valence-electron chi connectivity index (χ1n) is 8.99. The van der Waals surface area contributed by atoms with E-state index in [0.29, 0.717) is 0 Å². The molecular formula is C18H26N4O6S2. The summed E-state index contributed by atoms with van der Waals surface area (Å²) in [4.78, 5) is 47.9. The molecule has 4 atom stereocenters. The molecular weight excluding hydrogens is 432 g/mol. The van der Waals surface area contributed by atoms with Gasteiger partial charge in [0.1, 0.15) is 18.1 Å². The number of hydrogen-bond donors (Lipinski definition) is 8. The standard InChI is InChI=1S/C18H26N4O6S2/c19-11(6-10-4-2-1-3-5-10)15(24)21-13(8-29)17(26)22-14(9-30)16(25)20-12(7-23)18(27)28/h1-5,11-14,23,29-30H,6-9,19H2,(H,20,25)(H,21,24)(H,22,26)(H,27,28). The van der Waals surface area contributed by atoms with Gasteiger partial charge in [-0.1, -0.05) is 30.3 Å². The molecule has 0 saturated heterocycles. The Kier molecular flexibility index (Phi) is 11.3. The number of nitrogens with one attached hydrogen (secondary N) is 3. The van der Waals surface area contributed by atoms with Crippen molar-refractivity contribution in [2.45, 2.75) is 30.6 Å². The van der Waals surface area contributed by atoms with Gasteiger partial charge in [-0.3, -0.25) is 14.4 Å². The summed E-state index contributed by atoms with van der Waals surface area (Å²) in [6, 6.07) is 4.43. The molecule has 0 fully saturated rings. The van der Waals surface area contributed by atoms with Gasteiger partial charge in [0.15, 0.2) is 0 Å². The van der Waals surface area contributed by atoms with Crippen molar-refractivity contribution in [2.24, 2.45) is 5.73 Å². The van der Waals surface area contributed by atoms with Gasteiger partial charge >= 0.3 is 5.97 Å². The highest BCUT2D eigenvalue weighted by Crippen LogP contribution is 2.03. The highest BCUT2D eigenvalue weighted by Gasteiger charge is 2.29. The number of aliphatic carboxylic acids is 1. The minimum atomic E-state index is -1.52. The molecule has 3 amide bonds.